The van der Waals surface area contributed by atoms with Gasteiger partial charge < -0.3 is 15.2 Å². The zero-order chi connectivity index (χ0) is 23.9. The van der Waals surface area contributed by atoms with E-state index in [2.05, 4.69) is 17.3 Å². The summed E-state index contributed by atoms with van der Waals surface area (Å²) in [7, 11) is 0. The van der Waals surface area contributed by atoms with Crippen molar-refractivity contribution >= 4 is 22.8 Å². The second kappa shape index (κ2) is 10.7. The molecule has 34 heavy (non-hydrogen) atoms. The summed E-state index contributed by atoms with van der Waals surface area (Å²) < 4.78 is 8.15. The lowest BCUT2D eigenvalue weighted by Crippen LogP contribution is -2.26. The van der Waals surface area contributed by atoms with Crippen molar-refractivity contribution in [1.82, 2.24) is 15.1 Å². The number of aliphatic carboxylic acids is 1. The largest absolute Gasteiger partial charge is 0.486 e. The Morgan fingerprint density at radius 2 is 1.76 bits per heavy atom. The molecule has 0 spiro atoms. The number of benzene rings is 3. The van der Waals surface area contributed by atoms with Crippen LogP contribution in [0, 0.1) is 0 Å². The molecule has 0 radical (unpaired) electrons. The van der Waals surface area contributed by atoms with Crippen LogP contribution < -0.4 is 10.1 Å². The molecule has 1 amide bonds. The van der Waals surface area contributed by atoms with Gasteiger partial charge in [-0.1, -0.05) is 43.7 Å². The number of hydrogen-bond acceptors (Lipinski definition) is 4. The van der Waals surface area contributed by atoms with E-state index in [1.807, 2.05) is 71.5 Å². The van der Waals surface area contributed by atoms with Crippen molar-refractivity contribution in [3.8, 4) is 11.4 Å². The van der Waals surface area contributed by atoms with Gasteiger partial charge in [-0.15, -0.1) is 0 Å². The fraction of sp³-hybridized carbons (Fsp3) is 0.222. The molecule has 0 fully saturated rings. The minimum absolute atomic E-state index is 0.0992. The topological polar surface area (TPSA) is 93.5 Å². The van der Waals surface area contributed by atoms with E-state index in [4.69, 9.17) is 9.84 Å². The van der Waals surface area contributed by atoms with E-state index in [-0.39, 0.29) is 25.0 Å². The highest BCUT2D eigenvalue weighted by Gasteiger charge is 2.14. The van der Waals surface area contributed by atoms with Gasteiger partial charge in [0.15, 0.2) is 0 Å². The molecule has 0 saturated heterocycles. The van der Waals surface area contributed by atoms with Crippen LogP contribution in [0.5, 0.6) is 5.75 Å². The van der Waals surface area contributed by atoms with Crippen LogP contribution in [0.2, 0.25) is 0 Å². The molecule has 0 aliphatic rings. The Kier molecular flexibility index (Phi) is 7.22. The van der Waals surface area contributed by atoms with Gasteiger partial charge in [0.2, 0.25) is 0 Å². The predicted octanol–water partition coefficient (Wildman–Crippen LogP) is 5.15. The number of rotatable bonds is 10. The summed E-state index contributed by atoms with van der Waals surface area (Å²) in [6.45, 7) is 2.20. The monoisotopic (exact) mass is 457 g/mol. The van der Waals surface area contributed by atoms with Gasteiger partial charge in [-0.05, 0) is 54.4 Å². The molecule has 4 rings (SSSR count). The Labute approximate surface area is 198 Å². The fourth-order valence-corrected chi connectivity index (χ4v) is 3.73. The second-order valence-electron chi connectivity index (χ2n) is 8.04. The number of nitrogens with one attached hydrogen (secondary N) is 1. The third-order valence-electron chi connectivity index (χ3n) is 5.51. The minimum atomic E-state index is -0.943. The summed E-state index contributed by atoms with van der Waals surface area (Å²) in [6, 6.07) is 23.1. The van der Waals surface area contributed by atoms with Crippen LogP contribution in [-0.2, 0) is 4.79 Å². The Morgan fingerprint density at radius 1 is 1.03 bits per heavy atom. The van der Waals surface area contributed by atoms with Crippen LogP contribution in [0.3, 0.4) is 0 Å². The van der Waals surface area contributed by atoms with Crippen molar-refractivity contribution in [3.63, 3.8) is 0 Å². The second-order valence-corrected chi connectivity index (χ2v) is 8.04. The summed E-state index contributed by atoms with van der Waals surface area (Å²) >= 11 is 0. The molecule has 7 nitrogen and oxygen atoms in total. The van der Waals surface area contributed by atoms with Crippen LogP contribution >= 0.6 is 0 Å². The van der Waals surface area contributed by atoms with E-state index in [0.29, 0.717) is 5.56 Å². The van der Waals surface area contributed by atoms with Crippen molar-refractivity contribution in [2.45, 2.75) is 32.3 Å². The number of carbonyl (C=O) groups excluding carboxylic acids is 1. The molecular weight excluding hydrogens is 430 g/mol. The zero-order valence-corrected chi connectivity index (χ0v) is 19.0. The lowest BCUT2D eigenvalue weighted by molar-refractivity contribution is -0.136. The maximum absolute atomic E-state index is 12.2. The Morgan fingerprint density at radius 3 is 2.44 bits per heavy atom. The first-order valence-electron chi connectivity index (χ1n) is 11.3. The molecule has 0 bridgehead atoms. The highest BCUT2D eigenvalue weighted by atomic mass is 16.5. The van der Waals surface area contributed by atoms with E-state index < -0.39 is 5.97 Å². The Hall–Kier alpha value is -4.13. The van der Waals surface area contributed by atoms with Crippen LogP contribution in [0.15, 0.2) is 79.0 Å². The molecule has 0 aliphatic heterocycles. The van der Waals surface area contributed by atoms with Gasteiger partial charge in [-0.2, -0.15) is 5.10 Å². The van der Waals surface area contributed by atoms with Gasteiger partial charge in [0.05, 0.1) is 17.6 Å². The molecule has 2 N–H and O–H groups in total. The van der Waals surface area contributed by atoms with Gasteiger partial charge in [-0.25, -0.2) is 4.68 Å². The third-order valence-corrected chi connectivity index (χ3v) is 5.51. The fourth-order valence-electron chi connectivity index (χ4n) is 3.73. The first-order valence-corrected chi connectivity index (χ1v) is 11.3. The summed E-state index contributed by atoms with van der Waals surface area (Å²) in [5.74, 6) is -0.474. The number of ether oxygens (including phenoxy) is 1. The van der Waals surface area contributed by atoms with Crippen molar-refractivity contribution in [3.05, 3.63) is 90.1 Å². The number of fused-ring (bicyclic) bond motifs is 1. The number of carbonyl (C=O) groups is 2. The van der Waals surface area contributed by atoms with E-state index in [0.717, 1.165) is 40.7 Å². The number of hydrogen-bond donors (Lipinski definition) is 2. The maximum Gasteiger partial charge on any atom is 0.305 e. The molecule has 1 aromatic heterocycles. The molecule has 1 unspecified atom stereocenters. The SMILES string of the molecule is CCCC(Oc1ccc(-n2cc3ccccc3n2)cc1)c1ccc(C(=O)NCCC(=O)O)cc1. The summed E-state index contributed by atoms with van der Waals surface area (Å²) in [6.07, 6.45) is 3.53. The van der Waals surface area contributed by atoms with Crippen molar-refractivity contribution in [2.24, 2.45) is 0 Å². The Balaban J connectivity index is 1.43. The molecule has 0 aliphatic carbocycles. The van der Waals surface area contributed by atoms with Crippen LogP contribution in [0.1, 0.15) is 48.2 Å². The molecule has 1 atom stereocenters. The first-order chi connectivity index (χ1) is 16.5. The number of carboxylic acid groups (broad SMARTS) is 1. The van der Waals surface area contributed by atoms with Crippen LogP contribution in [0.4, 0.5) is 0 Å². The summed E-state index contributed by atoms with van der Waals surface area (Å²) in [4.78, 5) is 22.8. The number of carboxylic acids is 1. The van der Waals surface area contributed by atoms with Crippen LogP contribution in [-0.4, -0.2) is 33.3 Å². The maximum atomic E-state index is 12.2. The van der Waals surface area contributed by atoms with Crippen molar-refractivity contribution < 1.29 is 19.4 Å². The van der Waals surface area contributed by atoms with Crippen molar-refractivity contribution in [2.75, 3.05) is 6.54 Å². The molecular formula is C27H27N3O4. The lowest BCUT2D eigenvalue weighted by atomic mass is 10.0. The smallest absolute Gasteiger partial charge is 0.305 e. The first kappa shape index (κ1) is 23.0. The third kappa shape index (κ3) is 5.61. The van der Waals surface area contributed by atoms with E-state index in [1.54, 1.807) is 12.1 Å². The highest BCUT2D eigenvalue weighted by Crippen LogP contribution is 2.27. The minimum Gasteiger partial charge on any atom is -0.486 e. The predicted molar refractivity (Wildman–Crippen MR) is 130 cm³/mol. The van der Waals surface area contributed by atoms with E-state index in [1.165, 1.54) is 0 Å². The summed E-state index contributed by atoms with van der Waals surface area (Å²) in [5, 5.41) is 17.0. The van der Waals surface area contributed by atoms with Gasteiger partial charge in [0.1, 0.15) is 11.9 Å². The van der Waals surface area contributed by atoms with Gasteiger partial charge >= 0.3 is 5.97 Å². The molecule has 7 heteroatoms. The summed E-state index contributed by atoms with van der Waals surface area (Å²) in [5.41, 5.74) is 3.37. The molecule has 4 aromatic rings. The molecule has 1 heterocycles. The van der Waals surface area contributed by atoms with Crippen LogP contribution in [0.25, 0.3) is 16.6 Å². The number of nitrogens with zero attached hydrogens (tertiary/aromatic N) is 2. The van der Waals surface area contributed by atoms with Gasteiger partial charge in [0, 0.05) is 23.7 Å². The zero-order valence-electron chi connectivity index (χ0n) is 19.0. The van der Waals surface area contributed by atoms with Gasteiger partial charge in [-0.3, -0.25) is 9.59 Å². The highest BCUT2D eigenvalue weighted by molar-refractivity contribution is 5.94. The quantitative estimate of drug-likeness (QED) is 0.343. The number of amides is 1. The van der Waals surface area contributed by atoms with E-state index in [9.17, 15) is 9.59 Å². The standard InChI is InChI=1S/C27H27N3O4/c1-2-5-25(19-8-10-20(11-9-19)27(33)28-17-16-26(31)32)34-23-14-12-22(13-15-23)30-18-21-6-3-4-7-24(21)29-30/h3-4,6-15,18,25H,2,5,16-17H2,1H3,(H,28,33)(H,31,32). The average Bonchev–Trinajstić information content (AvgIpc) is 3.28. The molecule has 174 valence electrons. The average molecular weight is 458 g/mol. The van der Waals surface area contributed by atoms with Gasteiger partial charge in [0.25, 0.3) is 5.91 Å². The van der Waals surface area contributed by atoms with Crippen molar-refractivity contribution in [1.29, 1.82) is 0 Å². The Bertz CT molecular complexity index is 1230. The number of aromatic nitrogens is 2. The lowest BCUT2D eigenvalue weighted by Gasteiger charge is -2.19. The van der Waals surface area contributed by atoms with E-state index >= 15 is 0 Å². The molecule has 0 saturated carbocycles. The molecule has 3 aromatic carbocycles. The normalized spacial score (nSPS) is 11.8.